The molecule has 0 spiro atoms. The normalized spacial score (nSPS) is 20.1. The van der Waals surface area contributed by atoms with Gasteiger partial charge in [-0.25, -0.2) is 4.99 Å². The van der Waals surface area contributed by atoms with Crippen LogP contribution in [-0.4, -0.2) is 72.4 Å². The van der Waals surface area contributed by atoms with Crippen molar-refractivity contribution in [2.75, 3.05) is 38.2 Å². The van der Waals surface area contributed by atoms with E-state index in [1.54, 1.807) is 24.8 Å². The van der Waals surface area contributed by atoms with E-state index in [9.17, 15) is 23.2 Å². The smallest absolute Gasteiger partial charge is 0.405 e. The number of anilines is 1. The van der Waals surface area contributed by atoms with Crippen LogP contribution in [0.4, 0.5) is 19.1 Å². The van der Waals surface area contributed by atoms with Gasteiger partial charge in [-0.1, -0.05) is 6.58 Å². The number of nitrogens with zero attached hydrogens (tertiary/aromatic N) is 7. The number of hydrogen-bond acceptors (Lipinski definition) is 9. The molecule has 3 aliphatic rings. The van der Waals surface area contributed by atoms with Crippen LogP contribution in [0, 0.1) is 22.7 Å². The van der Waals surface area contributed by atoms with Crippen LogP contribution in [0.1, 0.15) is 36.3 Å². The van der Waals surface area contributed by atoms with Gasteiger partial charge in [0.05, 0.1) is 17.2 Å². The largest absolute Gasteiger partial charge is 0.462 e. The van der Waals surface area contributed by atoms with E-state index in [1.807, 2.05) is 4.90 Å². The van der Waals surface area contributed by atoms with Gasteiger partial charge in [0.25, 0.3) is 5.91 Å². The predicted molar refractivity (Wildman–Crippen MR) is 128 cm³/mol. The number of ether oxygens (including phenoxy) is 1. The lowest BCUT2D eigenvalue weighted by Crippen LogP contribution is -2.38. The van der Waals surface area contributed by atoms with E-state index < -0.39 is 29.9 Å². The maximum absolute atomic E-state index is 12.6. The summed E-state index contributed by atoms with van der Waals surface area (Å²) < 4.78 is 43.4. The van der Waals surface area contributed by atoms with Crippen LogP contribution >= 0.6 is 0 Å². The van der Waals surface area contributed by atoms with Crippen LogP contribution in [0.2, 0.25) is 0 Å². The molecule has 4 rings (SSSR count). The van der Waals surface area contributed by atoms with Crippen LogP contribution in [-0.2, 0) is 0 Å². The zero-order chi connectivity index (χ0) is 26.6. The molecule has 1 aromatic heterocycles. The van der Waals surface area contributed by atoms with Crippen molar-refractivity contribution in [3.63, 3.8) is 0 Å². The van der Waals surface area contributed by atoms with Crippen LogP contribution in [0.25, 0.3) is 0 Å². The van der Waals surface area contributed by atoms with E-state index in [2.05, 4.69) is 42.9 Å². The van der Waals surface area contributed by atoms with Crippen LogP contribution in [0.5, 0.6) is 6.01 Å². The number of alkyl halides is 3. The molecule has 2 aliphatic heterocycles. The topological polar surface area (TPSA) is 141 Å². The van der Waals surface area contributed by atoms with Crippen LogP contribution in [0.3, 0.4) is 0 Å². The number of hydrogen-bond donors (Lipinski definition) is 2. The zero-order valence-corrected chi connectivity index (χ0v) is 20.2. The van der Waals surface area contributed by atoms with E-state index in [0.717, 1.165) is 11.3 Å². The Morgan fingerprint density at radius 2 is 2.08 bits per heavy atom. The highest BCUT2D eigenvalue weighted by molar-refractivity contribution is 6.13. The Hall–Kier alpha value is -4.02. The van der Waals surface area contributed by atoms with E-state index in [0.29, 0.717) is 44.6 Å². The molecule has 0 bridgehead atoms. The molecule has 196 valence electrons. The third kappa shape index (κ3) is 6.22. The molecule has 1 amide bonds. The minimum absolute atomic E-state index is 0.0204. The summed E-state index contributed by atoms with van der Waals surface area (Å²) in [5, 5.41) is 14.2. The van der Waals surface area contributed by atoms with Gasteiger partial charge in [0.2, 0.25) is 11.8 Å². The van der Waals surface area contributed by atoms with E-state index in [-0.39, 0.29) is 24.5 Å². The van der Waals surface area contributed by atoms with Crippen molar-refractivity contribution in [3.8, 4) is 12.1 Å². The van der Waals surface area contributed by atoms with Gasteiger partial charge in [0.1, 0.15) is 13.2 Å². The monoisotopic (exact) mass is 517 g/mol. The molecule has 2 fully saturated rings. The Kier molecular flexibility index (Phi) is 7.42. The number of aliphatic imine (C=N–C) groups is 2. The van der Waals surface area contributed by atoms with E-state index >= 15 is 0 Å². The minimum atomic E-state index is -4.59. The number of aromatic nitrogens is 3. The first kappa shape index (κ1) is 26.1. The summed E-state index contributed by atoms with van der Waals surface area (Å²) >= 11 is 0. The van der Waals surface area contributed by atoms with E-state index in [4.69, 9.17) is 4.74 Å². The summed E-state index contributed by atoms with van der Waals surface area (Å²) in [7, 11) is 1.66. The van der Waals surface area contributed by atoms with E-state index in [1.165, 1.54) is 0 Å². The summed E-state index contributed by atoms with van der Waals surface area (Å²) in [6.45, 7) is 3.23. The molecule has 0 aromatic carbocycles. The van der Waals surface area contributed by atoms with Crippen molar-refractivity contribution in [3.05, 3.63) is 29.9 Å². The number of rotatable bonds is 9. The lowest BCUT2D eigenvalue weighted by atomic mass is 9.89. The predicted octanol–water partition coefficient (Wildman–Crippen LogP) is 2.16. The van der Waals surface area contributed by atoms with Crippen LogP contribution < -0.4 is 20.3 Å². The van der Waals surface area contributed by atoms with Gasteiger partial charge >= 0.3 is 12.2 Å². The number of carbonyl (C=O) groups is 1. The van der Waals surface area contributed by atoms with Crippen molar-refractivity contribution in [2.45, 2.75) is 31.9 Å². The SMILES string of the molecule is C=CNC1=C(C2CCN(c3nc(OCC4(C#N)CC4)nc(C(=O)NCC(F)(F)F)n3)CC2)C=NC1=NC. The molecule has 0 unspecified atom stereocenters. The second-order valence-corrected chi connectivity index (χ2v) is 8.97. The van der Waals surface area contributed by atoms with Crippen molar-refractivity contribution in [1.82, 2.24) is 25.6 Å². The summed E-state index contributed by atoms with van der Waals surface area (Å²) in [6.07, 6.45) is 1.51. The second-order valence-electron chi connectivity index (χ2n) is 8.97. The fraction of sp³-hybridized carbons (Fsp3) is 0.522. The molecule has 14 heteroatoms. The number of nitrogens with one attached hydrogen (secondary N) is 2. The summed E-state index contributed by atoms with van der Waals surface area (Å²) in [4.78, 5) is 35.1. The van der Waals surface area contributed by atoms with Gasteiger partial charge in [0, 0.05) is 31.9 Å². The summed E-state index contributed by atoms with van der Waals surface area (Å²) in [5.74, 6) is -0.700. The summed E-state index contributed by atoms with van der Waals surface area (Å²) in [6, 6.07) is 1.97. The molecular formula is C23H26F3N9O2. The fourth-order valence-corrected chi connectivity index (χ4v) is 4.06. The van der Waals surface area contributed by atoms with Crippen molar-refractivity contribution in [1.29, 1.82) is 5.26 Å². The van der Waals surface area contributed by atoms with Crippen molar-refractivity contribution in [2.24, 2.45) is 21.3 Å². The first-order valence-electron chi connectivity index (χ1n) is 11.7. The zero-order valence-electron chi connectivity index (χ0n) is 20.2. The fourth-order valence-electron chi connectivity index (χ4n) is 4.06. The Morgan fingerprint density at radius 3 is 2.68 bits per heavy atom. The van der Waals surface area contributed by atoms with Gasteiger partial charge in [0.15, 0.2) is 5.84 Å². The van der Waals surface area contributed by atoms with Gasteiger partial charge in [-0.15, -0.1) is 0 Å². The van der Waals surface area contributed by atoms with Gasteiger partial charge < -0.3 is 20.3 Å². The highest BCUT2D eigenvalue weighted by atomic mass is 19.4. The maximum atomic E-state index is 12.6. The third-order valence-corrected chi connectivity index (χ3v) is 6.34. The number of halogens is 3. The molecule has 3 heterocycles. The number of carbonyl (C=O) groups excluding carboxylic acids is 1. The highest BCUT2D eigenvalue weighted by Gasteiger charge is 2.44. The van der Waals surface area contributed by atoms with Crippen molar-refractivity contribution < 1.29 is 22.7 Å². The average Bonchev–Trinajstić information content (AvgIpc) is 3.57. The molecule has 37 heavy (non-hydrogen) atoms. The van der Waals surface area contributed by atoms with Gasteiger partial charge in [-0.3, -0.25) is 9.79 Å². The lowest BCUT2D eigenvalue weighted by Gasteiger charge is -2.32. The Morgan fingerprint density at radius 1 is 1.35 bits per heavy atom. The molecule has 1 saturated carbocycles. The standard InChI is InChI=1S/C23H26F3N9O2/c1-3-29-16-15(10-30-17(16)28-2)14-4-8-35(9-5-14)20-32-18(19(36)31-12-23(24,25)26)33-21(34-20)37-13-22(11-27)6-7-22/h3,10,14H,1,4-9,12-13H2,2H3,(H,31,36)(H,28,29,30). The number of allylic oxidation sites excluding steroid dienone is 1. The molecule has 2 N–H and O–H groups in total. The minimum Gasteiger partial charge on any atom is -0.462 e. The number of piperidine rings is 1. The number of amides is 1. The van der Waals surface area contributed by atoms with Gasteiger partial charge in [-0.2, -0.15) is 33.4 Å². The number of nitriles is 1. The van der Waals surface area contributed by atoms with Crippen LogP contribution in [0.15, 0.2) is 34.0 Å². The highest BCUT2D eigenvalue weighted by Crippen LogP contribution is 2.44. The molecular weight excluding hydrogens is 491 g/mol. The second kappa shape index (κ2) is 10.5. The first-order valence-corrected chi connectivity index (χ1v) is 11.7. The van der Waals surface area contributed by atoms with Gasteiger partial charge in [-0.05, 0) is 37.8 Å². The van der Waals surface area contributed by atoms with Crippen molar-refractivity contribution >= 4 is 23.9 Å². The molecule has 11 nitrogen and oxygen atoms in total. The Labute approximate surface area is 211 Å². The number of amidine groups is 1. The molecule has 0 atom stereocenters. The Balaban J connectivity index is 1.51. The lowest BCUT2D eigenvalue weighted by molar-refractivity contribution is -0.123. The molecule has 0 radical (unpaired) electrons. The Bertz CT molecular complexity index is 1190. The first-order chi connectivity index (χ1) is 17.7. The maximum Gasteiger partial charge on any atom is 0.405 e. The average molecular weight is 518 g/mol. The quantitative estimate of drug-likeness (QED) is 0.508. The molecule has 1 aromatic rings. The molecule has 1 aliphatic carbocycles. The summed E-state index contributed by atoms with van der Waals surface area (Å²) in [5.41, 5.74) is 1.19. The molecule has 1 saturated heterocycles. The third-order valence-electron chi connectivity index (χ3n) is 6.34.